The van der Waals surface area contributed by atoms with Crippen LogP contribution in [0, 0.1) is 0 Å². The highest BCUT2D eigenvalue weighted by Gasteiger charge is 2.29. The molecule has 2 heterocycles. The van der Waals surface area contributed by atoms with Gasteiger partial charge in [-0.1, -0.05) is 12.1 Å². The van der Waals surface area contributed by atoms with Crippen molar-refractivity contribution in [3.05, 3.63) is 34.9 Å². The average Bonchev–Trinajstić information content (AvgIpc) is 2.87. The fourth-order valence-electron chi connectivity index (χ4n) is 3.25. The second-order valence-corrected chi connectivity index (χ2v) is 7.36. The first-order chi connectivity index (χ1) is 10.8. The number of hydrogen-bond donors (Lipinski definition) is 1. The second kappa shape index (κ2) is 5.87. The molecule has 1 fully saturated rings. The van der Waals surface area contributed by atoms with Gasteiger partial charge in [0.2, 0.25) is 0 Å². The van der Waals surface area contributed by atoms with Crippen molar-refractivity contribution in [2.45, 2.75) is 51.7 Å². The minimum atomic E-state index is -0.469. The van der Waals surface area contributed by atoms with Gasteiger partial charge < -0.3 is 15.0 Å². The number of ether oxygens (including phenoxy) is 1. The lowest BCUT2D eigenvalue weighted by Crippen LogP contribution is -2.42. The van der Waals surface area contributed by atoms with Crippen molar-refractivity contribution in [2.24, 2.45) is 0 Å². The lowest BCUT2D eigenvalue weighted by atomic mass is 9.89. The monoisotopic (exact) mass is 316 g/mol. The van der Waals surface area contributed by atoms with Crippen molar-refractivity contribution in [2.75, 3.05) is 13.1 Å². The number of piperidine rings is 1. The summed E-state index contributed by atoms with van der Waals surface area (Å²) in [5.41, 5.74) is 2.56. The van der Waals surface area contributed by atoms with Crippen LogP contribution >= 0.6 is 0 Å². The Bertz CT molecular complexity index is 634. The highest BCUT2D eigenvalue weighted by Crippen LogP contribution is 2.30. The molecule has 0 bridgehead atoms. The molecular formula is C18H24N2O3. The number of fused-ring (bicyclic) bond motifs is 1. The van der Waals surface area contributed by atoms with Crippen molar-refractivity contribution in [1.82, 2.24) is 10.2 Å². The summed E-state index contributed by atoms with van der Waals surface area (Å²) in [6, 6.07) is 6.03. The first-order valence-electron chi connectivity index (χ1n) is 8.22. The molecule has 1 saturated heterocycles. The number of likely N-dealkylation sites (tertiary alicyclic amines) is 1. The number of benzene rings is 1. The zero-order valence-corrected chi connectivity index (χ0v) is 14.0. The van der Waals surface area contributed by atoms with E-state index in [0.29, 0.717) is 19.0 Å². The summed E-state index contributed by atoms with van der Waals surface area (Å²) < 4.78 is 5.48. The Kier molecular flexibility index (Phi) is 4.04. The van der Waals surface area contributed by atoms with E-state index in [1.54, 1.807) is 4.90 Å². The van der Waals surface area contributed by atoms with Gasteiger partial charge in [0, 0.05) is 31.1 Å². The maximum Gasteiger partial charge on any atom is 0.410 e. The van der Waals surface area contributed by atoms with Gasteiger partial charge in [0.25, 0.3) is 5.91 Å². The first kappa shape index (κ1) is 15.8. The number of carbonyl (C=O) groups excluding carboxylic acids is 2. The molecule has 5 nitrogen and oxygen atoms in total. The van der Waals surface area contributed by atoms with E-state index < -0.39 is 5.60 Å². The second-order valence-electron chi connectivity index (χ2n) is 7.36. The average molecular weight is 316 g/mol. The van der Waals surface area contributed by atoms with E-state index >= 15 is 0 Å². The number of nitrogens with one attached hydrogen (secondary N) is 1. The highest BCUT2D eigenvalue weighted by atomic mass is 16.6. The molecule has 23 heavy (non-hydrogen) atoms. The fourth-order valence-corrected chi connectivity index (χ4v) is 3.25. The zero-order chi connectivity index (χ0) is 16.6. The summed E-state index contributed by atoms with van der Waals surface area (Å²) in [6.45, 7) is 7.68. The highest BCUT2D eigenvalue weighted by molar-refractivity contribution is 5.98. The number of hydrogen-bond acceptors (Lipinski definition) is 3. The van der Waals surface area contributed by atoms with Crippen molar-refractivity contribution < 1.29 is 14.3 Å². The lowest BCUT2D eigenvalue weighted by molar-refractivity contribution is 0.0198. The molecule has 2 amide bonds. The Morgan fingerprint density at radius 2 is 2.13 bits per heavy atom. The van der Waals surface area contributed by atoms with Gasteiger partial charge in [0.1, 0.15) is 5.60 Å². The van der Waals surface area contributed by atoms with Crippen LogP contribution in [0.25, 0.3) is 0 Å². The SMILES string of the molecule is CC(C)(C)OC(=O)N1CCCC(c2ccc3c(c2)CNC3=O)C1. The van der Waals surface area contributed by atoms with Gasteiger partial charge >= 0.3 is 6.09 Å². The summed E-state index contributed by atoms with van der Waals surface area (Å²) in [5.74, 6) is 0.308. The van der Waals surface area contributed by atoms with Crippen molar-refractivity contribution in [3.8, 4) is 0 Å². The Balaban J connectivity index is 1.72. The minimum Gasteiger partial charge on any atom is -0.444 e. The molecule has 0 spiro atoms. The topological polar surface area (TPSA) is 58.6 Å². The molecule has 1 N–H and O–H groups in total. The molecule has 3 rings (SSSR count). The quantitative estimate of drug-likeness (QED) is 0.866. The third kappa shape index (κ3) is 3.49. The van der Waals surface area contributed by atoms with E-state index in [1.165, 1.54) is 5.56 Å². The van der Waals surface area contributed by atoms with E-state index in [2.05, 4.69) is 11.4 Å². The van der Waals surface area contributed by atoms with Crippen molar-refractivity contribution in [3.63, 3.8) is 0 Å². The van der Waals surface area contributed by atoms with Crippen LogP contribution in [-0.4, -0.2) is 35.6 Å². The smallest absolute Gasteiger partial charge is 0.410 e. The predicted molar refractivity (Wildman–Crippen MR) is 87.4 cm³/mol. The van der Waals surface area contributed by atoms with E-state index in [9.17, 15) is 9.59 Å². The molecule has 2 aliphatic heterocycles. The van der Waals surface area contributed by atoms with Crippen LogP contribution in [0.3, 0.4) is 0 Å². The maximum atomic E-state index is 12.3. The molecule has 1 unspecified atom stereocenters. The third-order valence-corrected chi connectivity index (χ3v) is 4.36. The normalized spacial score (nSPS) is 20.9. The molecule has 0 saturated carbocycles. The number of rotatable bonds is 1. The maximum absolute atomic E-state index is 12.3. The molecule has 124 valence electrons. The van der Waals surface area contributed by atoms with Crippen LogP contribution in [-0.2, 0) is 11.3 Å². The van der Waals surface area contributed by atoms with Crippen molar-refractivity contribution in [1.29, 1.82) is 0 Å². The molecule has 1 aromatic rings. The van der Waals surface area contributed by atoms with Crippen LogP contribution in [0.1, 0.15) is 61.0 Å². The van der Waals surface area contributed by atoms with Gasteiger partial charge in [-0.25, -0.2) is 4.79 Å². The van der Waals surface area contributed by atoms with Crippen LogP contribution in [0.15, 0.2) is 18.2 Å². The zero-order valence-electron chi connectivity index (χ0n) is 14.0. The van der Waals surface area contributed by atoms with Crippen molar-refractivity contribution >= 4 is 12.0 Å². The van der Waals surface area contributed by atoms with E-state index in [1.807, 2.05) is 32.9 Å². The first-order valence-corrected chi connectivity index (χ1v) is 8.22. The number of carbonyl (C=O) groups is 2. The molecule has 1 atom stereocenters. The molecule has 2 aliphatic rings. The van der Waals surface area contributed by atoms with Gasteiger partial charge in [-0.3, -0.25) is 4.79 Å². The number of nitrogens with zero attached hydrogens (tertiary/aromatic N) is 1. The van der Waals surface area contributed by atoms with E-state index in [0.717, 1.165) is 30.5 Å². The van der Waals surface area contributed by atoms with Gasteiger partial charge in [-0.05, 0) is 50.8 Å². The molecule has 5 heteroatoms. The summed E-state index contributed by atoms with van der Waals surface area (Å²) in [6.07, 6.45) is 1.79. The van der Waals surface area contributed by atoms with E-state index in [4.69, 9.17) is 4.74 Å². The third-order valence-electron chi connectivity index (χ3n) is 4.36. The lowest BCUT2D eigenvalue weighted by Gasteiger charge is -2.34. The van der Waals surface area contributed by atoms with Gasteiger partial charge in [0.05, 0.1) is 0 Å². The summed E-state index contributed by atoms with van der Waals surface area (Å²) >= 11 is 0. The molecule has 1 aromatic carbocycles. The summed E-state index contributed by atoms with van der Waals surface area (Å²) in [7, 11) is 0. The fraction of sp³-hybridized carbons (Fsp3) is 0.556. The van der Waals surface area contributed by atoms with Crippen LogP contribution < -0.4 is 5.32 Å². The van der Waals surface area contributed by atoms with E-state index in [-0.39, 0.29) is 12.0 Å². The predicted octanol–water partition coefficient (Wildman–Crippen LogP) is 3.04. The van der Waals surface area contributed by atoms with Crippen LogP contribution in [0.5, 0.6) is 0 Å². The van der Waals surface area contributed by atoms with Crippen LogP contribution in [0.2, 0.25) is 0 Å². The summed E-state index contributed by atoms with van der Waals surface area (Å²) in [4.78, 5) is 25.7. The largest absolute Gasteiger partial charge is 0.444 e. The Morgan fingerprint density at radius 1 is 1.35 bits per heavy atom. The molecule has 0 aromatic heterocycles. The van der Waals surface area contributed by atoms with Crippen LogP contribution in [0.4, 0.5) is 4.79 Å². The Hall–Kier alpha value is -2.04. The molecular weight excluding hydrogens is 292 g/mol. The Morgan fingerprint density at radius 3 is 2.87 bits per heavy atom. The molecule has 0 aliphatic carbocycles. The van der Waals surface area contributed by atoms with Gasteiger partial charge in [0.15, 0.2) is 0 Å². The Labute approximate surface area is 137 Å². The minimum absolute atomic E-state index is 0.00516. The van der Waals surface area contributed by atoms with Gasteiger partial charge in [-0.15, -0.1) is 0 Å². The summed E-state index contributed by atoms with van der Waals surface area (Å²) in [5, 5.41) is 2.84. The van der Waals surface area contributed by atoms with Gasteiger partial charge in [-0.2, -0.15) is 0 Å². The molecule has 0 radical (unpaired) electrons. The standard InChI is InChI=1S/C18H24N2O3/c1-18(2,3)23-17(22)20-8-4-5-13(11-20)12-6-7-15-14(9-12)10-19-16(15)21/h6-7,9,13H,4-5,8,10-11H2,1-3H3,(H,19,21). The number of amides is 2.